The molecule has 0 aromatic rings. The summed E-state index contributed by atoms with van der Waals surface area (Å²) in [5.41, 5.74) is 0. The lowest BCUT2D eigenvalue weighted by Crippen LogP contribution is -2.47. The van der Waals surface area contributed by atoms with Gasteiger partial charge in [0.1, 0.15) is 0 Å². The largest absolute Gasteiger partial charge is 0.480 e. The molecule has 0 aromatic heterocycles. The van der Waals surface area contributed by atoms with E-state index in [2.05, 4.69) is 11.9 Å². The maximum Gasteiger partial charge on any atom is 0.317 e. The fraction of sp³-hybridized carbons (Fsp3) is 0.667. The van der Waals surface area contributed by atoms with Crippen molar-refractivity contribution in [3.8, 4) is 0 Å². The third-order valence-electron chi connectivity index (χ3n) is 4.65. The second-order valence-electron chi connectivity index (χ2n) is 7.02. The Hall–Kier alpha value is -2.46. The summed E-state index contributed by atoms with van der Waals surface area (Å²) >= 11 is 0. The minimum absolute atomic E-state index is 0.0175. The van der Waals surface area contributed by atoms with Crippen molar-refractivity contribution in [2.75, 3.05) is 39.3 Å². The maximum absolute atomic E-state index is 12.3. The van der Waals surface area contributed by atoms with Gasteiger partial charge in [-0.2, -0.15) is 0 Å². The first-order chi connectivity index (χ1) is 13.2. The molecule has 0 heterocycles. The maximum atomic E-state index is 12.3. The second-order valence-corrected chi connectivity index (χ2v) is 7.02. The third kappa shape index (κ3) is 10.0. The molecule has 10 heteroatoms. The summed E-state index contributed by atoms with van der Waals surface area (Å²) in [5.74, 6) is -3.32. The van der Waals surface area contributed by atoms with E-state index < -0.39 is 37.5 Å². The first kappa shape index (κ1) is 23.6. The predicted molar refractivity (Wildman–Crippen MR) is 99.9 cm³/mol. The molecule has 1 aliphatic carbocycles. The summed E-state index contributed by atoms with van der Waals surface area (Å²) in [6.07, 6.45) is 5.50. The van der Waals surface area contributed by atoms with Crippen molar-refractivity contribution in [1.29, 1.82) is 0 Å². The molecule has 0 radical (unpaired) electrons. The Labute approximate surface area is 163 Å². The summed E-state index contributed by atoms with van der Waals surface area (Å²) < 4.78 is 0. The van der Waals surface area contributed by atoms with Crippen LogP contribution in [0.15, 0.2) is 12.7 Å². The number of hydrogen-bond acceptors (Lipinski definition) is 6. The Morgan fingerprint density at radius 1 is 0.821 bits per heavy atom. The molecule has 1 amide bonds. The highest BCUT2D eigenvalue weighted by atomic mass is 16.4. The number of amides is 1. The first-order valence-corrected chi connectivity index (χ1v) is 9.21. The zero-order chi connectivity index (χ0) is 21.1. The number of nitrogens with one attached hydrogen (secondary N) is 1. The molecular weight excluding hydrogens is 370 g/mol. The molecule has 1 fully saturated rings. The fourth-order valence-corrected chi connectivity index (χ4v) is 3.26. The van der Waals surface area contributed by atoms with Crippen LogP contribution >= 0.6 is 0 Å². The Kier molecular flexibility index (Phi) is 10.2. The van der Waals surface area contributed by atoms with Crippen LogP contribution < -0.4 is 5.32 Å². The fourth-order valence-electron chi connectivity index (χ4n) is 3.26. The smallest absolute Gasteiger partial charge is 0.317 e. The van der Waals surface area contributed by atoms with Crippen LogP contribution in [0.25, 0.3) is 0 Å². The van der Waals surface area contributed by atoms with E-state index in [1.165, 1.54) is 9.80 Å². The van der Waals surface area contributed by atoms with Crippen molar-refractivity contribution in [3.05, 3.63) is 12.7 Å². The van der Waals surface area contributed by atoms with E-state index in [1.54, 1.807) is 0 Å². The number of hydrogen-bond donors (Lipinski definition) is 4. The molecule has 28 heavy (non-hydrogen) atoms. The zero-order valence-electron chi connectivity index (χ0n) is 15.9. The lowest BCUT2D eigenvalue weighted by molar-refractivity contribution is -0.143. The molecule has 158 valence electrons. The van der Waals surface area contributed by atoms with E-state index in [0.29, 0.717) is 5.92 Å². The predicted octanol–water partition coefficient (Wildman–Crippen LogP) is -0.295. The van der Waals surface area contributed by atoms with Gasteiger partial charge in [-0.15, -0.1) is 6.58 Å². The SMILES string of the molecule is C=CC1CCC(NC(=O)CN(CCN(CC(=O)O)CC(=O)O)CC(=O)O)CC1. The standard InChI is InChI=1S/C18H29N3O7/c1-2-13-3-5-14(6-4-13)19-15(22)9-20(10-16(23)24)7-8-21(11-17(25)26)12-18(27)28/h2,13-14H,1,3-12H2,(H,19,22)(H,23,24)(H,25,26)(H,27,28). The molecule has 0 saturated heterocycles. The number of nitrogens with zero attached hydrogens (tertiary/aromatic N) is 2. The number of rotatable bonds is 13. The van der Waals surface area contributed by atoms with Gasteiger partial charge < -0.3 is 20.6 Å². The van der Waals surface area contributed by atoms with Crippen LogP contribution in [-0.4, -0.2) is 94.2 Å². The van der Waals surface area contributed by atoms with E-state index in [1.807, 2.05) is 6.08 Å². The van der Waals surface area contributed by atoms with Crippen molar-refractivity contribution >= 4 is 23.8 Å². The summed E-state index contributed by atoms with van der Waals surface area (Å²) in [5, 5.41) is 29.7. The first-order valence-electron chi connectivity index (χ1n) is 9.21. The molecule has 10 nitrogen and oxygen atoms in total. The molecule has 0 aromatic carbocycles. The zero-order valence-corrected chi connectivity index (χ0v) is 15.9. The average molecular weight is 399 g/mol. The number of carboxylic acids is 3. The summed E-state index contributed by atoms with van der Waals surface area (Å²) in [7, 11) is 0. The Balaban J connectivity index is 2.55. The van der Waals surface area contributed by atoms with E-state index in [0.717, 1.165) is 25.7 Å². The van der Waals surface area contributed by atoms with Gasteiger partial charge in [0.2, 0.25) is 5.91 Å². The third-order valence-corrected chi connectivity index (χ3v) is 4.65. The molecular formula is C18H29N3O7. The number of carbonyl (C=O) groups is 4. The molecule has 0 aliphatic heterocycles. The van der Waals surface area contributed by atoms with Gasteiger partial charge in [-0.3, -0.25) is 29.0 Å². The van der Waals surface area contributed by atoms with Crippen LogP contribution in [0.5, 0.6) is 0 Å². The summed E-state index contributed by atoms with van der Waals surface area (Å²) in [6.45, 7) is 2.35. The topological polar surface area (TPSA) is 147 Å². The molecule has 1 saturated carbocycles. The minimum atomic E-state index is -1.18. The van der Waals surface area contributed by atoms with Crippen molar-refractivity contribution in [3.63, 3.8) is 0 Å². The second kappa shape index (κ2) is 12.1. The van der Waals surface area contributed by atoms with Gasteiger partial charge in [0.15, 0.2) is 0 Å². The van der Waals surface area contributed by atoms with Crippen LogP contribution in [0.3, 0.4) is 0 Å². The van der Waals surface area contributed by atoms with Gasteiger partial charge in [-0.25, -0.2) is 0 Å². The lowest BCUT2D eigenvalue weighted by Gasteiger charge is -2.29. The van der Waals surface area contributed by atoms with E-state index in [4.69, 9.17) is 15.3 Å². The summed E-state index contributed by atoms with van der Waals surface area (Å²) in [4.78, 5) is 47.6. The van der Waals surface area contributed by atoms with E-state index >= 15 is 0 Å². The van der Waals surface area contributed by atoms with Crippen LogP contribution in [-0.2, 0) is 19.2 Å². The molecule has 4 N–H and O–H groups in total. The number of carbonyl (C=O) groups excluding carboxylic acids is 1. The molecule has 1 rings (SSSR count). The normalized spacial score (nSPS) is 19.4. The van der Waals surface area contributed by atoms with Gasteiger partial charge in [-0.05, 0) is 31.6 Å². The van der Waals surface area contributed by atoms with Crippen LogP contribution in [0.4, 0.5) is 0 Å². The number of aliphatic carboxylic acids is 3. The van der Waals surface area contributed by atoms with Gasteiger partial charge in [-0.1, -0.05) is 6.08 Å². The molecule has 0 atom stereocenters. The average Bonchev–Trinajstić information content (AvgIpc) is 2.58. The van der Waals surface area contributed by atoms with Crippen molar-refractivity contribution in [2.45, 2.75) is 31.7 Å². The van der Waals surface area contributed by atoms with Crippen molar-refractivity contribution in [2.24, 2.45) is 5.92 Å². The van der Waals surface area contributed by atoms with Crippen LogP contribution in [0.1, 0.15) is 25.7 Å². The van der Waals surface area contributed by atoms with Gasteiger partial charge in [0.05, 0.1) is 26.2 Å². The highest BCUT2D eigenvalue weighted by Gasteiger charge is 2.23. The van der Waals surface area contributed by atoms with Crippen molar-refractivity contribution in [1.82, 2.24) is 15.1 Å². The molecule has 0 bridgehead atoms. The van der Waals surface area contributed by atoms with Gasteiger partial charge in [0.25, 0.3) is 0 Å². The van der Waals surface area contributed by atoms with Crippen LogP contribution in [0, 0.1) is 5.92 Å². The van der Waals surface area contributed by atoms with Gasteiger partial charge in [0, 0.05) is 19.1 Å². The Morgan fingerprint density at radius 3 is 1.64 bits per heavy atom. The minimum Gasteiger partial charge on any atom is -0.480 e. The summed E-state index contributed by atoms with van der Waals surface area (Å²) in [6, 6.07) is 0.0471. The number of carboxylic acid groups (broad SMARTS) is 3. The monoisotopic (exact) mass is 399 g/mol. The van der Waals surface area contributed by atoms with Crippen molar-refractivity contribution < 1.29 is 34.5 Å². The molecule has 0 unspecified atom stereocenters. The Bertz CT molecular complexity index is 558. The quantitative estimate of drug-likeness (QED) is 0.307. The Morgan fingerprint density at radius 2 is 1.25 bits per heavy atom. The lowest BCUT2D eigenvalue weighted by atomic mass is 9.86. The highest BCUT2D eigenvalue weighted by molar-refractivity contribution is 5.79. The van der Waals surface area contributed by atoms with Gasteiger partial charge >= 0.3 is 17.9 Å². The van der Waals surface area contributed by atoms with E-state index in [9.17, 15) is 19.2 Å². The highest BCUT2D eigenvalue weighted by Crippen LogP contribution is 2.24. The van der Waals surface area contributed by atoms with E-state index in [-0.39, 0.29) is 31.6 Å². The molecule has 0 spiro atoms. The molecule has 1 aliphatic rings. The van der Waals surface area contributed by atoms with Crippen LogP contribution in [0.2, 0.25) is 0 Å². The number of allylic oxidation sites excluding steroid dienone is 1.